The molecule has 0 aliphatic rings. The quantitative estimate of drug-likeness (QED) is 0.844. The van der Waals surface area contributed by atoms with Crippen molar-refractivity contribution in [2.24, 2.45) is 0 Å². The maximum Gasteiger partial charge on any atom is 0.258 e. The molecule has 5 heteroatoms. The molecule has 1 rings (SSSR count). The summed E-state index contributed by atoms with van der Waals surface area (Å²) in [6, 6.07) is 3.70. The highest BCUT2D eigenvalue weighted by Gasteiger charge is 2.06. The fourth-order valence-electron chi connectivity index (χ4n) is 1.02. The van der Waals surface area contributed by atoms with E-state index < -0.39 is 0 Å². The molecule has 0 fully saturated rings. The molecule has 1 atom stereocenters. The van der Waals surface area contributed by atoms with Gasteiger partial charge >= 0.3 is 0 Å². The predicted octanol–water partition coefficient (Wildman–Crippen LogP) is 2.14. The lowest BCUT2D eigenvalue weighted by Gasteiger charge is -2.11. The van der Waals surface area contributed by atoms with Crippen molar-refractivity contribution in [3.63, 3.8) is 0 Å². The molecule has 1 N–H and O–H groups in total. The average Bonchev–Trinajstić information content (AvgIpc) is 2.28. The van der Waals surface area contributed by atoms with Crippen LogP contribution in [0.15, 0.2) is 22.9 Å². The van der Waals surface area contributed by atoms with E-state index in [1.165, 1.54) is 0 Å². The molecular weight excluding hydrogens is 272 g/mol. The van der Waals surface area contributed by atoms with Crippen LogP contribution in [0.3, 0.4) is 0 Å². The van der Waals surface area contributed by atoms with Gasteiger partial charge in [0, 0.05) is 6.04 Å². The van der Waals surface area contributed by atoms with Gasteiger partial charge in [-0.3, -0.25) is 4.79 Å². The van der Waals surface area contributed by atoms with Crippen LogP contribution in [0.4, 0.5) is 0 Å². The van der Waals surface area contributed by atoms with Gasteiger partial charge in [0.2, 0.25) is 0 Å². The van der Waals surface area contributed by atoms with Crippen LogP contribution in [0.2, 0.25) is 0 Å². The molecule has 1 aromatic rings. The van der Waals surface area contributed by atoms with Crippen molar-refractivity contribution >= 4 is 21.8 Å². The topological polar surface area (TPSA) is 51.2 Å². The van der Waals surface area contributed by atoms with Crippen molar-refractivity contribution in [2.45, 2.75) is 26.3 Å². The zero-order valence-electron chi connectivity index (χ0n) is 9.37. The van der Waals surface area contributed by atoms with Crippen LogP contribution >= 0.6 is 15.9 Å². The zero-order chi connectivity index (χ0) is 12.0. The van der Waals surface area contributed by atoms with Gasteiger partial charge in [-0.1, -0.05) is 6.92 Å². The smallest absolute Gasteiger partial charge is 0.258 e. The number of halogens is 1. The molecule has 0 saturated carbocycles. The van der Waals surface area contributed by atoms with Crippen molar-refractivity contribution in [3.05, 3.63) is 22.9 Å². The van der Waals surface area contributed by atoms with Gasteiger partial charge in [-0.15, -0.1) is 0 Å². The molecule has 0 aromatic carbocycles. The van der Waals surface area contributed by atoms with Gasteiger partial charge in [-0.25, -0.2) is 4.98 Å². The van der Waals surface area contributed by atoms with Crippen molar-refractivity contribution in [3.8, 4) is 5.75 Å². The number of carbonyl (C=O) groups is 1. The Hall–Kier alpha value is -1.10. The standard InChI is InChI=1S/C11H15BrN2O2/c1-3-8(2)14-11(15)7-16-9-4-5-10(12)13-6-9/h4-6,8H,3,7H2,1-2H3,(H,14,15). The Bertz CT molecular complexity index is 340. The lowest BCUT2D eigenvalue weighted by molar-refractivity contribution is -0.123. The Morgan fingerprint density at radius 1 is 1.62 bits per heavy atom. The number of rotatable bonds is 5. The van der Waals surface area contributed by atoms with E-state index in [-0.39, 0.29) is 18.6 Å². The number of ether oxygens (including phenoxy) is 1. The molecule has 1 heterocycles. The third-order valence-corrected chi connectivity index (χ3v) is 2.56. The molecule has 0 radical (unpaired) electrons. The van der Waals surface area contributed by atoms with Crippen molar-refractivity contribution in [1.82, 2.24) is 10.3 Å². The van der Waals surface area contributed by atoms with E-state index in [2.05, 4.69) is 26.2 Å². The Kier molecular flexibility index (Phi) is 5.25. The number of hydrogen-bond donors (Lipinski definition) is 1. The number of hydrogen-bond acceptors (Lipinski definition) is 3. The first kappa shape index (κ1) is 13.0. The maximum atomic E-state index is 11.4. The van der Waals surface area contributed by atoms with Gasteiger partial charge in [0.15, 0.2) is 6.61 Å². The molecule has 1 aromatic heterocycles. The summed E-state index contributed by atoms with van der Waals surface area (Å²) in [4.78, 5) is 15.4. The fraction of sp³-hybridized carbons (Fsp3) is 0.455. The largest absolute Gasteiger partial charge is 0.482 e. The molecular formula is C11H15BrN2O2. The summed E-state index contributed by atoms with van der Waals surface area (Å²) in [7, 11) is 0. The van der Waals surface area contributed by atoms with Crippen LogP contribution in [0, 0.1) is 0 Å². The molecule has 16 heavy (non-hydrogen) atoms. The second-order valence-electron chi connectivity index (χ2n) is 3.48. The van der Waals surface area contributed by atoms with E-state index in [1.54, 1.807) is 18.3 Å². The van der Waals surface area contributed by atoms with E-state index >= 15 is 0 Å². The maximum absolute atomic E-state index is 11.4. The second-order valence-corrected chi connectivity index (χ2v) is 4.29. The number of nitrogens with one attached hydrogen (secondary N) is 1. The third kappa shape index (κ3) is 4.61. The van der Waals surface area contributed by atoms with E-state index in [1.807, 2.05) is 13.8 Å². The summed E-state index contributed by atoms with van der Waals surface area (Å²) in [6.07, 6.45) is 2.48. The van der Waals surface area contributed by atoms with E-state index in [0.29, 0.717) is 5.75 Å². The molecule has 1 unspecified atom stereocenters. The van der Waals surface area contributed by atoms with Crippen LogP contribution in [-0.2, 0) is 4.79 Å². The highest BCUT2D eigenvalue weighted by molar-refractivity contribution is 9.10. The van der Waals surface area contributed by atoms with Gasteiger partial charge in [0.1, 0.15) is 10.4 Å². The molecule has 4 nitrogen and oxygen atoms in total. The minimum absolute atomic E-state index is 0.0215. The van der Waals surface area contributed by atoms with Gasteiger partial charge in [-0.05, 0) is 41.4 Å². The van der Waals surface area contributed by atoms with Crippen LogP contribution in [0.25, 0.3) is 0 Å². The number of carbonyl (C=O) groups excluding carboxylic acids is 1. The van der Waals surface area contributed by atoms with Gasteiger partial charge in [-0.2, -0.15) is 0 Å². The molecule has 0 spiro atoms. The van der Waals surface area contributed by atoms with E-state index in [4.69, 9.17) is 4.74 Å². The Balaban J connectivity index is 2.34. The number of nitrogens with zero attached hydrogens (tertiary/aromatic N) is 1. The lowest BCUT2D eigenvalue weighted by atomic mass is 10.2. The Morgan fingerprint density at radius 3 is 2.94 bits per heavy atom. The van der Waals surface area contributed by atoms with Crippen LogP contribution in [0.5, 0.6) is 5.75 Å². The summed E-state index contributed by atoms with van der Waals surface area (Å²) in [6.45, 7) is 4.00. The van der Waals surface area contributed by atoms with Crippen molar-refractivity contribution < 1.29 is 9.53 Å². The predicted molar refractivity (Wildman–Crippen MR) is 65.3 cm³/mol. The van der Waals surface area contributed by atoms with Gasteiger partial charge in [0.25, 0.3) is 5.91 Å². The molecule has 88 valence electrons. The van der Waals surface area contributed by atoms with Crippen molar-refractivity contribution in [1.29, 1.82) is 0 Å². The lowest BCUT2D eigenvalue weighted by Crippen LogP contribution is -2.35. The zero-order valence-corrected chi connectivity index (χ0v) is 11.0. The first-order chi connectivity index (χ1) is 7.61. The second kappa shape index (κ2) is 6.48. The normalized spacial score (nSPS) is 11.9. The summed E-state index contributed by atoms with van der Waals surface area (Å²) in [5, 5.41) is 2.82. The molecule has 0 aliphatic carbocycles. The van der Waals surface area contributed by atoms with E-state index in [9.17, 15) is 4.79 Å². The van der Waals surface area contributed by atoms with Gasteiger partial charge in [0.05, 0.1) is 6.20 Å². The summed E-state index contributed by atoms with van der Waals surface area (Å²) in [5.74, 6) is 0.472. The summed E-state index contributed by atoms with van der Waals surface area (Å²) < 4.78 is 6.01. The number of pyridine rings is 1. The first-order valence-corrected chi connectivity index (χ1v) is 5.95. The highest BCUT2D eigenvalue weighted by Crippen LogP contribution is 2.12. The van der Waals surface area contributed by atoms with Gasteiger partial charge < -0.3 is 10.1 Å². The van der Waals surface area contributed by atoms with Crippen LogP contribution < -0.4 is 10.1 Å². The SMILES string of the molecule is CCC(C)NC(=O)COc1ccc(Br)nc1. The van der Waals surface area contributed by atoms with E-state index in [0.717, 1.165) is 11.0 Å². The summed E-state index contributed by atoms with van der Waals surface area (Å²) in [5.41, 5.74) is 0. The molecule has 0 aliphatic heterocycles. The highest BCUT2D eigenvalue weighted by atomic mass is 79.9. The Morgan fingerprint density at radius 2 is 2.38 bits per heavy atom. The Labute approximate surface area is 104 Å². The third-order valence-electron chi connectivity index (χ3n) is 2.09. The first-order valence-electron chi connectivity index (χ1n) is 5.15. The number of amides is 1. The average molecular weight is 287 g/mol. The van der Waals surface area contributed by atoms with Crippen molar-refractivity contribution in [2.75, 3.05) is 6.61 Å². The number of aromatic nitrogens is 1. The fourth-order valence-corrected chi connectivity index (χ4v) is 1.25. The molecule has 1 amide bonds. The molecule has 0 saturated heterocycles. The molecule has 0 bridgehead atoms. The van der Waals surface area contributed by atoms with Crippen LogP contribution in [-0.4, -0.2) is 23.5 Å². The van der Waals surface area contributed by atoms with Crippen LogP contribution in [0.1, 0.15) is 20.3 Å². The minimum Gasteiger partial charge on any atom is -0.482 e. The summed E-state index contributed by atoms with van der Waals surface area (Å²) >= 11 is 3.22. The monoisotopic (exact) mass is 286 g/mol. The minimum atomic E-state index is -0.114.